The summed E-state index contributed by atoms with van der Waals surface area (Å²) in [4.78, 5) is 133. The van der Waals surface area contributed by atoms with Gasteiger partial charge in [0.2, 0.25) is 30.1 Å². The van der Waals surface area contributed by atoms with Crippen molar-refractivity contribution >= 4 is 59.8 Å². The first-order valence-electron chi connectivity index (χ1n) is 28.8. The van der Waals surface area contributed by atoms with Crippen molar-refractivity contribution in [2.24, 2.45) is 17.8 Å². The first kappa shape index (κ1) is 69.5. The Bertz CT molecular complexity index is 2890. The lowest BCUT2D eigenvalue weighted by Gasteiger charge is -2.44. The number of carbonyl (C=O) groups excluding carboxylic acids is 9. The van der Waals surface area contributed by atoms with Gasteiger partial charge in [0.15, 0.2) is 12.2 Å². The Kier molecular flexibility index (Phi) is 25.9. The molecule has 5 amide bonds. The number of carboxylic acids is 1. The van der Waals surface area contributed by atoms with Crippen molar-refractivity contribution < 1.29 is 95.7 Å². The molecule has 0 spiro atoms. The van der Waals surface area contributed by atoms with Crippen LogP contribution in [0.1, 0.15) is 117 Å². The Hall–Kier alpha value is -8.32. The third-order valence-electron chi connectivity index (χ3n) is 15.0. The highest BCUT2D eigenvalue weighted by Gasteiger charge is 2.54. The zero-order valence-electron chi connectivity index (χ0n) is 51.6. The second-order valence-corrected chi connectivity index (χ2v) is 22.2. The number of methoxy groups -OCH3 is 1. The van der Waals surface area contributed by atoms with Crippen LogP contribution in [0.25, 0.3) is 11.1 Å². The number of nitrogens with zero attached hydrogens (tertiary/aromatic N) is 2. The summed E-state index contributed by atoms with van der Waals surface area (Å²) in [7, 11) is 4.29. The lowest BCUT2D eigenvalue weighted by atomic mass is 9.90. The van der Waals surface area contributed by atoms with E-state index in [1.54, 1.807) is 34.7 Å². The number of alkyl carbamates (subject to hydrolysis) is 1. The molecule has 1 heterocycles. The molecule has 1 aliphatic carbocycles. The number of carboxylic acid groups (broad SMARTS) is 1. The van der Waals surface area contributed by atoms with Crippen molar-refractivity contribution in [3.8, 4) is 16.9 Å². The van der Waals surface area contributed by atoms with Gasteiger partial charge >= 0.3 is 42.0 Å². The maximum absolute atomic E-state index is 14.3. The molecule has 476 valence electrons. The minimum absolute atomic E-state index is 0.0216. The molecule has 10 atom stereocenters. The van der Waals surface area contributed by atoms with Crippen LogP contribution in [0.2, 0.25) is 0 Å². The molecule has 25 heteroatoms. The molecule has 1 fully saturated rings. The number of likely N-dealkylation sites (N-methyl/N-ethyl adjacent to an activating group) is 2. The van der Waals surface area contributed by atoms with Gasteiger partial charge in [-0.2, -0.15) is 0 Å². The summed E-state index contributed by atoms with van der Waals surface area (Å²) in [6.45, 7) is 13.7. The fourth-order valence-corrected chi connectivity index (χ4v) is 10.8. The molecule has 1 aliphatic heterocycles. The molecule has 1 saturated heterocycles. The summed E-state index contributed by atoms with van der Waals surface area (Å²) in [5.41, 5.74) is 4.72. The summed E-state index contributed by atoms with van der Waals surface area (Å²) in [6.07, 6.45) is -10.2. The molecule has 0 bridgehead atoms. The van der Waals surface area contributed by atoms with Crippen LogP contribution in [-0.2, 0) is 89.4 Å². The van der Waals surface area contributed by atoms with E-state index in [0.717, 1.165) is 54.8 Å². The van der Waals surface area contributed by atoms with E-state index in [1.165, 1.54) is 37.3 Å². The fourth-order valence-electron chi connectivity index (χ4n) is 10.8. The predicted octanol–water partition coefficient (Wildman–Crippen LogP) is 5.79. The molecule has 5 rings (SSSR count). The monoisotopic (exact) mass is 1220 g/mol. The van der Waals surface area contributed by atoms with E-state index in [1.807, 2.05) is 62.4 Å². The summed E-state index contributed by atoms with van der Waals surface area (Å²) in [6, 6.07) is 17.3. The first-order valence-corrected chi connectivity index (χ1v) is 28.8. The molecule has 2 aliphatic rings. The van der Waals surface area contributed by atoms with Crippen LogP contribution in [0, 0.1) is 17.8 Å². The minimum Gasteiger partial charge on any atom is -0.481 e. The van der Waals surface area contributed by atoms with E-state index in [9.17, 15) is 53.1 Å². The van der Waals surface area contributed by atoms with Crippen LogP contribution in [0.5, 0.6) is 5.75 Å². The standard InChI is InChI=1S/C62H83N5O20/c1-14-35(6)54(48(79-13)28-51(73)74)66(11)59(76)52(33(2)3)65-58(75)53(34(4)5)67(12)62(78)82-30-40-23-24-47(86-60-57(85-39(10)71)56(84-38(9)70)55(83-37(8)69)49(87-60)32-80-36(7)68)41(27-40)29-64-50(72)25-26-63-61(77)81-31-46-44-21-17-15-19-42(44)43-20-16-18-22-45(43)46/h15-24,27,33-35,46,48-49,52-57,60H,14,25-26,28-32H2,1-13H3,(H,63,77)(H,64,72)(H,65,75)(H,73,74)/t35-,48+,49+,52-,53-,54-,55-,56-,57+,60+/m0/s1. The second kappa shape index (κ2) is 32.4. The SMILES string of the molecule is CC[C@H](C)[C@@H]([C@@H](CC(=O)O)OC)N(C)C(=O)[C@@H](NC(=O)[C@H](C(C)C)N(C)C(=O)OCc1ccc(O[C@@H]2O[C@H](COC(C)=O)[C@H](OC(C)=O)[C@H](OC(C)=O)[C@H]2OC(C)=O)c(CNC(=O)CCNC(=O)OCC2c3ccccc3-c3ccccc32)c1)C(C)C. The van der Waals surface area contributed by atoms with E-state index >= 15 is 0 Å². The van der Waals surface area contributed by atoms with E-state index < -0.39 is 140 Å². The predicted molar refractivity (Wildman–Crippen MR) is 311 cm³/mol. The van der Waals surface area contributed by atoms with Crippen molar-refractivity contribution in [1.82, 2.24) is 25.8 Å². The third kappa shape index (κ3) is 19.1. The van der Waals surface area contributed by atoms with Gasteiger partial charge in [0.1, 0.15) is 43.8 Å². The Morgan fingerprint density at radius 2 is 1.29 bits per heavy atom. The number of esters is 4. The van der Waals surface area contributed by atoms with Gasteiger partial charge in [0, 0.05) is 79.9 Å². The smallest absolute Gasteiger partial charge is 0.410 e. The molecule has 3 aromatic rings. The van der Waals surface area contributed by atoms with Crippen molar-refractivity contribution in [2.45, 2.75) is 163 Å². The zero-order chi connectivity index (χ0) is 64.4. The number of carbonyl (C=O) groups is 10. The van der Waals surface area contributed by atoms with E-state index in [2.05, 4.69) is 16.0 Å². The summed E-state index contributed by atoms with van der Waals surface area (Å²) in [5.74, 6) is -7.47. The number of fused-ring (bicyclic) bond motifs is 3. The van der Waals surface area contributed by atoms with Crippen LogP contribution in [0.3, 0.4) is 0 Å². The molecule has 25 nitrogen and oxygen atoms in total. The lowest BCUT2D eigenvalue weighted by molar-refractivity contribution is -0.288. The molecule has 0 unspecified atom stereocenters. The van der Waals surface area contributed by atoms with Gasteiger partial charge in [0.05, 0.1) is 18.6 Å². The van der Waals surface area contributed by atoms with Crippen molar-refractivity contribution in [3.63, 3.8) is 0 Å². The number of hydrogen-bond acceptors (Lipinski definition) is 19. The molecule has 4 N–H and O–H groups in total. The van der Waals surface area contributed by atoms with Crippen LogP contribution < -0.4 is 20.7 Å². The van der Waals surface area contributed by atoms with Crippen LogP contribution in [0.15, 0.2) is 66.7 Å². The van der Waals surface area contributed by atoms with Crippen molar-refractivity contribution in [1.29, 1.82) is 0 Å². The molecule has 87 heavy (non-hydrogen) atoms. The van der Waals surface area contributed by atoms with Gasteiger partial charge < -0.3 is 68.6 Å². The summed E-state index contributed by atoms with van der Waals surface area (Å²) in [5, 5.41) is 17.9. The highest BCUT2D eigenvalue weighted by atomic mass is 16.7. The highest BCUT2D eigenvalue weighted by molar-refractivity contribution is 5.92. The average molecular weight is 1220 g/mol. The quantitative estimate of drug-likeness (QED) is 0.0472. The number of amides is 5. The molecular weight excluding hydrogens is 1130 g/mol. The van der Waals surface area contributed by atoms with Gasteiger partial charge in [-0.15, -0.1) is 0 Å². The maximum Gasteiger partial charge on any atom is 0.410 e. The Morgan fingerprint density at radius 1 is 0.690 bits per heavy atom. The largest absolute Gasteiger partial charge is 0.481 e. The Labute approximate surface area is 506 Å². The fraction of sp³-hybridized carbons (Fsp3) is 0.548. The number of benzene rings is 3. The molecular formula is C62H83N5O20. The van der Waals surface area contributed by atoms with Crippen LogP contribution in [0.4, 0.5) is 9.59 Å². The number of aliphatic carboxylic acids is 1. The van der Waals surface area contributed by atoms with Gasteiger partial charge in [-0.05, 0) is 57.7 Å². The van der Waals surface area contributed by atoms with Gasteiger partial charge in [-0.25, -0.2) is 9.59 Å². The maximum atomic E-state index is 14.3. The molecule has 0 saturated carbocycles. The minimum atomic E-state index is -1.68. The van der Waals surface area contributed by atoms with Crippen molar-refractivity contribution in [2.75, 3.05) is 41.0 Å². The van der Waals surface area contributed by atoms with Crippen LogP contribution >= 0.6 is 0 Å². The Balaban J connectivity index is 1.37. The summed E-state index contributed by atoms with van der Waals surface area (Å²) >= 11 is 0. The number of nitrogens with one attached hydrogen (secondary N) is 3. The van der Waals surface area contributed by atoms with Gasteiger partial charge in [-0.1, -0.05) is 103 Å². The van der Waals surface area contributed by atoms with E-state index in [-0.39, 0.29) is 55.7 Å². The normalized spacial score (nSPS) is 18.6. The zero-order valence-corrected chi connectivity index (χ0v) is 51.6. The number of hydrogen-bond donors (Lipinski definition) is 4. The molecule has 0 aromatic heterocycles. The second-order valence-electron chi connectivity index (χ2n) is 22.2. The Morgan fingerprint density at radius 3 is 1.84 bits per heavy atom. The van der Waals surface area contributed by atoms with Gasteiger partial charge in [-0.3, -0.25) is 43.3 Å². The first-order chi connectivity index (χ1) is 41.2. The van der Waals surface area contributed by atoms with E-state index in [0.29, 0.717) is 12.0 Å². The van der Waals surface area contributed by atoms with E-state index in [4.69, 9.17) is 42.6 Å². The molecule has 3 aromatic carbocycles. The number of ether oxygens (including phenoxy) is 9. The van der Waals surface area contributed by atoms with Gasteiger partial charge in [0.25, 0.3) is 0 Å². The summed E-state index contributed by atoms with van der Waals surface area (Å²) < 4.78 is 51.5. The lowest BCUT2D eigenvalue weighted by Crippen LogP contribution is -2.63. The highest BCUT2D eigenvalue weighted by Crippen LogP contribution is 2.44. The third-order valence-corrected chi connectivity index (χ3v) is 15.0. The van der Waals surface area contributed by atoms with Crippen LogP contribution in [-0.4, -0.2) is 171 Å². The molecule has 0 radical (unpaired) electrons. The average Bonchev–Trinajstić information content (AvgIpc) is 4.04. The number of rotatable bonds is 29. The topological polar surface area (TPSA) is 317 Å². The van der Waals surface area contributed by atoms with Crippen molar-refractivity contribution in [3.05, 3.63) is 89.0 Å².